The van der Waals surface area contributed by atoms with Gasteiger partial charge in [-0.3, -0.25) is 0 Å². The van der Waals surface area contributed by atoms with E-state index >= 15 is 0 Å². The van der Waals surface area contributed by atoms with Crippen molar-refractivity contribution in [2.24, 2.45) is 0 Å². The molecule has 0 N–H and O–H groups in total. The SMILES string of the molecule is Cc1cccc(CC2CCCS2)c1C.Cl.Cl. The van der Waals surface area contributed by atoms with Gasteiger partial charge in [-0.15, -0.1) is 24.8 Å². The number of aryl methyl sites for hydroxylation is 1. The second-order valence-corrected chi connectivity index (χ2v) is 5.61. The average molecular weight is 279 g/mol. The lowest BCUT2D eigenvalue weighted by Gasteiger charge is -2.12. The van der Waals surface area contributed by atoms with Crippen LogP contribution in [0.15, 0.2) is 18.2 Å². The van der Waals surface area contributed by atoms with E-state index in [1.807, 2.05) is 0 Å². The molecule has 0 radical (unpaired) electrons. The molecule has 0 aromatic heterocycles. The molecule has 1 saturated heterocycles. The molecule has 2 rings (SSSR count). The van der Waals surface area contributed by atoms with Crippen LogP contribution in [0.3, 0.4) is 0 Å². The number of benzene rings is 1. The van der Waals surface area contributed by atoms with E-state index in [0.717, 1.165) is 5.25 Å². The molecule has 1 aliphatic rings. The fraction of sp³-hybridized carbons (Fsp3) is 0.538. The van der Waals surface area contributed by atoms with Gasteiger partial charge >= 0.3 is 0 Å². The molecule has 0 saturated carbocycles. The van der Waals surface area contributed by atoms with Crippen LogP contribution < -0.4 is 0 Å². The summed E-state index contributed by atoms with van der Waals surface area (Å²) >= 11 is 2.15. The van der Waals surface area contributed by atoms with Crippen LogP contribution >= 0.6 is 36.6 Å². The van der Waals surface area contributed by atoms with Gasteiger partial charge in [-0.25, -0.2) is 0 Å². The third kappa shape index (κ3) is 3.87. The summed E-state index contributed by atoms with van der Waals surface area (Å²) in [5, 5.41) is 0.885. The van der Waals surface area contributed by atoms with Gasteiger partial charge in [0.15, 0.2) is 0 Å². The fourth-order valence-corrected chi connectivity index (χ4v) is 3.38. The molecular formula is C13H20Cl2S. The molecule has 1 atom stereocenters. The van der Waals surface area contributed by atoms with E-state index in [4.69, 9.17) is 0 Å². The molecule has 1 aliphatic heterocycles. The molecule has 1 unspecified atom stereocenters. The summed E-state index contributed by atoms with van der Waals surface area (Å²) in [5.41, 5.74) is 4.50. The van der Waals surface area contributed by atoms with Crippen molar-refractivity contribution in [1.82, 2.24) is 0 Å². The largest absolute Gasteiger partial charge is 0.158 e. The van der Waals surface area contributed by atoms with Gasteiger partial charge in [0, 0.05) is 5.25 Å². The van der Waals surface area contributed by atoms with E-state index in [0.29, 0.717) is 0 Å². The fourth-order valence-electron chi connectivity index (χ4n) is 2.08. The zero-order valence-corrected chi connectivity index (χ0v) is 12.3. The molecule has 3 heteroatoms. The highest BCUT2D eigenvalue weighted by molar-refractivity contribution is 8.00. The van der Waals surface area contributed by atoms with Gasteiger partial charge in [0.25, 0.3) is 0 Å². The van der Waals surface area contributed by atoms with Crippen LogP contribution in [-0.2, 0) is 6.42 Å². The number of hydrogen-bond acceptors (Lipinski definition) is 1. The van der Waals surface area contributed by atoms with Crippen LogP contribution in [0.25, 0.3) is 0 Å². The minimum absolute atomic E-state index is 0. The van der Waals surface area contributed by atoms with E-state index in [1.54, 1.807) is 5.56 Å². The Morgan fingerprint density at radius 1 is 1.25 bits per heavy atom. The quantitative estimate of drug-likeness (QED) is 0.763. The first-order valence-corrected chi connectivity index (χ1v) is 6.49. The monoisotopic (exact) mass is 278 g/mol. The van der Waals surface area contributed by atoms with Crippen molar-refractivity contribution >= 4 is 36.6 Å². The Labute approximate surface area is 115 Å². The second kappa shape index (κ2) is 7.47. The molecule has 1 aromatic rings. The predicted octanol–water partition coefficient (Wildman–Crippen LogP) is 4.59. The van der Waals surface area contributed by atoms with Crippen LogP contribution in [0.2, 0.25) is 0 Å². The molecule has 92 valence electrons. The highest BCUT2D eigenvalue weighted by atomic mass is 35.5. The lowest BCUT2D eigenvalue weighted by Crippen LogP contribution is -2.04. The third-order valence-electron chi connectivity index (χ3n) is 3.19. The Morgan fingerprint density at radius 2 is 2.00 bits per heavy atom. The Morgan fingerprint density at radius 3 is 2.62 bits per heavy atom. The second-order valence-electron chi connectivity index (χ2n) is 4.20. The molecule has 0 bridgehead atoms. The first kappa shape index (κ1) is 16.1. The van der Waals surface area contributed by atoms with Crippen LogP contribution in [0, 0.1) is 13.8 Å². The number of thioether (sulfide) groups is 1. The van der Waals surface area contributed by atoms with E-state index in [1.165, 1.54) is 36.1 Å². The van der Waals surface area contributed by atoms with Gasteiger partial charge in [-0.05, 0) is 55.6 Å². The number of hydrogen-bond donors (Lipinski definition) is 0. The van der Waals surface area contributed by atoms with Crippen LogP contribution in [0.1, 0.15) is 29.5 Å². The van der Waals surface area contributed by atoms with E-state index in [9.17, 15) is 0 Å². The van der Waals surface area contributed by atoms with E-state index in [-0.39, 0.29) is 24.8 Å². The van der Waals surface area contributed by atoms with Gasteiger partial charge in [-0.2, -0.15) is 11.8 Å². The minimum atomic E-state index is 0. The van der Waals surface area contributed by atoms with Crippen molar-refractivity contribution in [1.29, 1.82) is 0 Å². The van der Waals surface area contributed by atoms with E-state index < -0.39 is 0 Å². The van der Waals surface area contributed by atoms with Crippen molar-refractivity contribution in [3.05, 3.63) is 34.9 Å². The summed E-state index contributed by atoms with van der Waals surface area (Å²) in [6.45, 7) is 4.46. The zero-order chi connectivity index (χ0) is 9.97. The highest BCUT2D eigenvalue weighted by Gasteiger charge is 2.16. The summed E-state index contributed by atoms with van der Waals surface area (Å²) in [5.74, 6) is 1.37. The van der Waals surface area contributed by atoms with Crippen molar-refractivity contribution < 1.29 is 0 Å². The molecule has 1 aromatic carbocycles. The Bertz CT molecular complexity index is 320. The Balaban J connectivity index is 0.00000112. The molecule has 1 heterocycles. The number of halogens is 2. The topological polar surface area (TPSA) is 0 Å². The molecule has 16 heavy (non-hydrogen) atoms. The normalized spacial score (nSPS) is 18.8. The minimum Gasteiger partial charge on any atom is -0.158 e. The van der Waals surface area contributed by atoms with Crippen molar-refractivity contribution in [3.63, 3.8) is 0 Å². The lowest BCUT2D eigenvalue weighted by molar-refractivity contribution is 0.774. The van der Waals surface area contributed by atoms with Gasteiger partial charge < -0.3 is 0 Å². The molecule has 0 amide bonds. The van der Waals surface area contributed by atoms with Crippen LogP contribution in [0.4, 0.5) is 0 Å². The maximum absolute atomic E-state index is 2.29. The Hall–Kier alpha value is 0.150. The van der Waals surface area contributed by atoms with Gasteiger partial charge in [0.1, 0.15) is 0 Å². The molecular weight excluding hydrogens is 259 g/mol. The molecule has 0 aliphatic carbocycles. The first-order chi connectivity index (χ1) is 6.77. The van der Waals surface area contributed by atoms with E-state index in [2.05, 4.69) is 43.8 Å². The summed E-state index contributed by atoms with van der Waals surface area (Å²) in [6.07, 6.45) is 4.11. The first-order valence-electron chi connectivity index (χ1n) is 5.44. The smallest absolute Gasteiger partial charge is 0.00878 e. The third-order valence-corrected chi connectivity index (χ3v) is 4.59. The van der Waals surface area contributed by atoms with Crippen LogP contribution in [-0.4, -0.2) is 11.0 Å². The molecule has 0 nitrogen and oxygen atoms in total. The van der Waals surface area contributed by atoms with Crippen molar-refractivity contribution in [2.45, 2.75) is 38.4 Å². The van der Waals surface area contributed by atoms with Crippen LogP contribution in [0.5, 0.6) is 0 Å². The van der Waals surface area contributed by atoms with Crippen molar-refractivity contribution in [3.8, 4) is 0 Å². The lowest BCUT2D eigenvalue weighted by atomic mass is 9.98. The average Bonchev–Trinajstić information content (AvgIpc) is 2.66. The zero-order valence-electron chi connectivity index (χ0n) is 9.86. The van der Waals surface area contributed by atoms with Gasteiger partial charge in [0.05, 0.1) is 0 Å². The summed E-state index contributed by atoms with van der Waals surface area (Å²) in [7, 11) is 0. The van der Waals surface area contributed by atoms with Gasteiger partial charge in [0.2, 0.25) is 0 Å². The maximum atomic E-state index is 2.29. The summed E-state index contributed by atoms with van der Waals surface area (Å²) in [6, 6.07) is 6.69. The number of rotatable bonds is 2. The summed E-state index contributed by atoms with van der Waals surface area (Å²) < 4.78 is 0. The highest BCUT2D eigenvalue weighted by Crippen LogP contribution is 2.30. The van der Waals surface area contributed by atoms with Crippen molar-refractivity contribution in [2.75, 3.05) is 5.75 Å². The molecule has 1 fully saturated rings. The summed E-state index contributed by atoms with van der Waals surface area (Å²) in [4.78, 5) is 0. The van der Waals surface area contributed by atoms with Gasteiger partial charge in [-0.1, -0.05) is 18.2 Å². The predicted molar refractivity (Wildman–Crippen MR) is 79.6 cm³/mol. The standard InChI is InChI=1S/C13H18S.2ClH/c1-10-5-3-6-12(11(10)2)9-13-7-4-8-14-13;;/h3,5-6,13H,4,7-9H2,1-2H3;2*1H. The Kier molecular flexibility index (Phi) is 7.54. The maximum Gasteiger partial charge on any atom is 0.00878 e. The molecule has 0 spiro atoms.